The smallest absolute Gasteiger partial charge is 0.0593 e. The van der Waals surface area contributed by atoms with E-state index in [2.05, 4.69) is 167 Å². The van der Waals surface area contributed by atoms with E-state index in [1.807, 2.05) is 6.08 Å². The van der Waals surface area contributed by atoms with E-state index < -0.39 is 0 Å². The summed E-state index contributed by atoms with van der Waals surface area (Å²) in [5.74, 6) is 1.02. The number of aromatic nitrogens is 2. The quantitative estimate of drug-likeness (QED) is 0.174. The second-order valence-corrected chi connectivity index (χ2v) is 14.5. The molecule has 246 valence electrons. The highest BCUT2D eigenvalue weighted by Gasteiger charge is 2.30. The monoisotopic (exact) mass is 656 g/mol. The Morgan fingerprint density at radius 2 is 1.37 bits per heavy atom. The number of hydrogen-bond donors (Lipinski definition) is 0. The third-order valence-corrected chi connectivity index (χ3v) is 11.7. The van der Waals surface area contributed by atoms with Crippen LogP contribution in [0.2, 0.25) is 0 Å². The van der Waals surface area contributed by atoms with Crippen molar-refractivity contribution in [3.05, 3.63) is 186 Å². The zero-order valence-electron chi connectivity index (χ0n) is 28.8. The van der Waals surface area contributed by atoms with Crippen LogP contribution < -0.4 is 0 Å². The summed E-state index contributed by atoms with van der Waals surface area (Å²) in [6.45, 7) is 4.83. The Morgan fingerprint density at radius 3 is 2.20 bits per heavy atom. The maximum absolute atomic E-state index is 4.00. The predicted octanol–water partition coefficient (Wildman–Crippen LogP) is 12.1. The van der Waals surface area contributed by atoms with Gasteiger partial charge in [0.1, 0.15) is 0 Å². The SMILES string of the molecule is C=Cc1ccc(Cn2c3c(c4ccc5c(c6ccccc6n5-c5ccccc5)c42)C=CC(C2CCc4ccccc4-c4ccccc4C2)C3)cc1. The molecular weight excluding hydrogens is 617 g/mol. The van der Waals surface area contributed by atoms with Crippen LogP contribution in [0.4, 0.5) is 0 Å². The average molecular weight is 657 g/mol. The van der Waals surface area contributed by atoms with Crippen molar-refractivity contribution < 1.29 is 0 Å². The van der Waals surface area contributed by atoms with Gasteiger partial charge in [0.25, 0.3) is 0 Å². The first-order valence-electron chi connectivity index (χ1n) is 18.4. The minimum Gasteiger partial charge on any atom is -0.339 e. The van der Waals surface area contributed by atoms with Gasteiger partial charge in [-0.05, 0) is 95.2 Å². The first-order valence-corrected chi connectivity index (χ1v) is 18.4. The fourth-order valence-corrected chi connectivity index (χ4v) is 9.24. The molecule has 2 heterocycles. The molecule has 2 atom stereocenters. The summed E-state index contributed by atoms with van der Waals surface area (Å²) in [4.78, 5) is 0. The zero-order chi connectivity index (χ0) is 33.9. The summed E-state index contributed by atoms with van der Waals surface area (Å²) in [6, 6.07) is 51.7. The Hall–Kier alpha value is -5.86. The first-order chi connectivity index (χ1) is 25.2. The lowest BCUT2D eigenvalue weighted by atomic mass is 9.74. The third-order valence-electron chi connectivity index (χ3n) is 11.7. The van der Waals surface area contributed by atoms with Gasteiger partial charge in [-0.25, -0.2) is 0 Å². The molecule has 0 aliphatic heterocycles. The van der Waals surface area contributed by atoms with Gasteiger partial charge in [-0.1, -0.05) is 140 Å². The van der Waals surface area contributed by atoms with Crippen LogP contribution in [-0.2, 0) is 25.8 Å². The van der Waals surface area contributed by atoms with Crippen molar-refractivity contribution in [2.45, 2.75) is 32.2 Å². The van der Waals surface area contributed by atoms with E-state index in [1.165, 1.54) is 83.9 Å². The fraction of sp³-hybridized carbons (Fsp3) is 0.143. The van der Waals surface area contributed by atoms with Gasteiger partial charge in [0.15, 0.2) is 0 Å². The molecule has 2 heteroatoms. The minimum atomic E-state index is 0.461. The molecule has 0 fully saturated rings. The molecule has 0 spiro atoms. The normalized spacial score (nSPS) is 16.8. The highest BCUT2D eigenvalue weighted by Crippen LogP contribution is 2.44. The van der Waals surface area contributed by atoms with Crippen LogP contribution in [0.5, 0.6) is 0 Å². The Balaban J connectivity index is 1.15. The summed E-state index contributed by atoms with van der Waals surface area (Å²) in [6.07, 6.45) is 11.4. The Morgan fingerprint density at radius 1 is 0.647 bits per heavy atom. The topological polar surface area (TPSA) is 9.86 Å². The van der Waals surface area contributed by atoms with Crippen molar-refractivity contribution >= 4 is 44.9 Å². The molecule has 2 nitrogen and oxygen atoms in total. The molecule has 0 bridgehead atoms. The van der Waals surface area contributed by atoms with Gasteiger partial charge in [-0.3, -0.25) is 0 Å². The molecule has 0 amide bonds. The predicted molar refractivity (Wildman–Crippen MR) is 216 cm³/mol. The van der Waals surface area contributed by atoms with Crippen molar-refractivity contribution in [3.8, 4) is 16.8 Å². The maximum atomic E-state index is 4.00. The molecule has 0 radical (unpaired) electrons. The Labute approximate surface area is 299 Å². The fourth-order valence-electron chi connectivity index (χ4n) is 9.24. The van der Waals surface area contributed by atoms with E-state index in [9.17, 15) is 0 Å². The van der Waals surface area contributed by atoms with Crippen molar-refractivity contribution in [2.75, 3.05) is 0 Å². The van der Waals surface area contributed by atoms with E-state index in [4.69, 9.17) is 0 Å². The van der Waals surface area contributed by atoms with Crippen molar-refractivity contribution in [2.24, 2.45) is 11.8 Å². The van der Waals surface area contributed by atoms with Crippen LogP contribution in [0, 0.1) is 11.8 Å². The third kappa shape index (κ3) is 4.93. The second-order valence-electron chi connectivity index (χ2n) is 14.5. The van der Waals surface area contributed by atoms with Gasteiger partial charge in [-0.2, -0.15) is 0 Å². The van der Waals surface area contributed by atoms with E-state index >= 15 is 0 Å². The lowest BCUT2D eigenvalue weighted by Gasteiger charge is -2.31. The maximum Gasteiger partial charge on any atom is 0.0593 e. The zero-order valence-corrected chi connectivity index (χ0v) is 28.8. The largest absolute Gasteiger partial charge is 0.339 e. The van der Waals surface area contributed by atoms with Crippen LogP contribution in [0.25, 0.3) is 61.7 Å². The highest BCUT2D eigenvalue weighted by atomic mass is 15.0. The number of rotatable bonds is 5. The Bertz CT molecular complexity index is 2630. The van der Waals surface area contributed by atoms with Crippen LogP contribution in [-0.4, -0.2) is 9.13 Å². The van der Waals surface area contributed by atoms with Gasteiger partial charge in [-0.15, -0.1) is 0 Å². The van der Waals surface area contributed by atoms with Gasteiger partial charge in [0.05, 0.1) is 16.6 Å². The lowest BCUT2D eigenvalue weighted by Crippen LogP contribution is -2.23. The summed E-state index contributed by atoms with van der Waals surface area (Å²) in [7, 11) is 0. The first kappa shape index (κ1) is 30.0. The van der Waals surface area contributed by atoms with E-state index in [0.29, 0.717) is 11.8 Å². The van der Waals surface area contributed by atoms with Crippen LogP contribution in [0.1, 0.15) is 39.9 Å². The molecule has 2 aliphatic rings. The molecule has 2 aliphatic carbocycles. The molecule has 2 aromatic heterocycles. The highest BCUT2D eigenvalue weighted by molar-refractivity contribution is 6.21. The molecule has 2 unspecified atom stereocenters. The molecular formula is C49H40N2. The summed E-state index contributed by atoms with van der Waals surface area (Å²) in [5.41, 5.74) is 16.1. The summed E-state index contributed by atoms with van der Waals surface area (Å²) in [5, 5.41) is 3.99. The van der Waals surface area contributed by atoms with E-state index in [1.54, 1.807) is 0 Å². The van der Waals surface area contributed by atoms with Crippen molar-refractivity contribution in [1.29, 1.82) is 0 Å². The number of fused-ring (bicyclic) bond motifs is 10. The molecule has 51 heavy (non-hydrogen) atoms. The van der Waals surface area contributed by atoms with Crippen molar-refractivity contribution in [3.63, 3.8) is 0 Å². The summed E-state index contributed by atoms with van der Waals surface area (Å²) < 4.78 is 5.13. The van der Waals surface area contributed by atoms with Gasteiger partial charge >= 0.3 is 0 Å². The lowest BCUT2D eigenvalue weighted by molar-refractivity contribution is 0.357. The molecule has 0 saturated heterocycles. The van der Waals surface area contributed by atoms with Crippen LogP contribution in [0.15, 0.2) is 152 Å². The van der Waals surface area contributed by atoms with E-state index in [0.717, 1.165) is 31.4 Å². The molecule has 8 aromatic rings. The van der Waals surface area contributed by atoms with Crippen LogP contribution in [0.3, 0.4) is 0 Å². The molecule has 0 N–H and O–H groups in total. The number of nitrogens with zero attached hydrogens (tertiary/aromatic N) is 2. The van der Waals surface area contributed by atoms with Gasteiger partial charge in [0.2, 0.25) is 0 Å². The number of hydrogen-bond acceptors (Lipinski definition) is 0. The standard InChI is InChI=1S/C49H40N2/c1-2-33-20-22-34(23-21-33)32-50-47-31-37(36-25-24-35-12-6-8-16-40(35)41-17-9-7-13-38(41)30-36)26-27-42(47)43-28-29-46-48(49(43)50)44-18-10-11-19-45(44)51(46)39-14-4-3-5-15-39/h2-23,26-29,36-37H,1,24-25,30-32H2. The number of benzene rings is 6. The number of allylic oxidation sites excluding steroid dienone is 1. The van der Waals surface area contributed by atoms with Crippen LogP contribution >= 0.6 is 0 Å². The Kier molecular flexibility index (Phi) is 7.16. The second kappa shape index (κ2) is 12.2. The van der Waals surface area contributed by atoms with Gasteiger partial charge < -0.3 is 9.13 Å². The molecule has 10 rings (SSSR count). The van der Waals surface area contributed by atoms with Gasteiger partial charge in [0, 0.05) is 39.6 Å². The number of aryl methyl sites for hydroxylation is 1. The number of para-hydroxylation sites is 2. The molecule has 0 saturated carbocycles. The average Bonchev–Trinajstić information content (AvgIpc) is 3.68. The molecule has 6 aromatic carbocycles. The van der Waals surface area contributed by atoms with E-state index in [-0.39, 0.29) is 0 Å². The van der Waals surface area contributed by atoms with Crippen molar-refractivity contribution in [1.82, 2.24) is 9.13 Å². The summed E-state index contributed by atoms with van der Waals surface area (Å²) >= 11 is 0. The minimum absolute atomic E-state index is 0.461.